The van der Waals surface area contributed by atoms with Gasteiger partial charge >= 0.3 is 0 Å². The van der Waals surface area contributed by atoms with Crippen molar-refractivity contribution >= 4 is 17.2 Å². The summed E-state index contributed by atoms with van der Waals surface area (Å²) < 4.78 is 2.42. The molecule has 0 aromatic carbocycles. The van der Waals surface area contributed by atoms with Crippen LogP contribution in [0.1, 0.15) is 117 Å². The van der Waals surface area contributed by atoms with Crippen molar-refractivity contribution in [3.05, 3.63) is 33.5 Å². The zero-order valence-electron chi connectivity index (χ0n) is 22.7. The molecule has 0 radical (unpaired) electrons. The van der Waals surface area contributed by atoms with Gasteiger partial charge in [0.05, 0.1) is 12.6 Å². The third kappa shape index (κ3) is 5.95. The van der Waals surface area contributed by atoms with Gasteiger partial charge in [-0.25, -0.2) is 5.48 Å². The smallest absolute Gasteiger partial charge is 0.223 e. The molecule has 2 bridgehead atoms. The van der Waals surface area contributed by atoms with Crippen LogP contribution in [0.4, 0.5) is 0 Å². The van der Waals surface area contributed by atoms with E-state index in [9.17, 15) is 4.79 Å². The molecule has 204 valence electrons. The van der Waals surface area contributed by atoms with Crippen molar-refractivity contribution in [2.24, 2.45) is 5.92 Å². The van der Waals surface area contributed by atoms with Gasteiger partial charge in [-0.15, -0.1) is 21.5 Å². The number of fused-ring (bicyclic) bond motifs is 2. The highest BCUT2D eigenvalue weighted by molar-refractivity contribution is 7.12. The van der Waals surface area contributed by atoms with Gasteiger partial charge in [0.2, 0.25) is 5.91 Å². The summed E-state index contributed by atoms with van der Waals surface area (Å²) in [5, 5.41) is 21.5. The monoisotopic (exact) mass is 528 g/mol. The molecule has 3 aliphatic rings. The van der Waals surface area contributed by atoms with Crippen LogP contribution in [-0.2, 0) is 11.3 Å². The summed E-state index contributed by atoms with van der Waals surface area (Å²) in [6.45, 7) is 7.94. The zero-order valence-corrected chi connectivity index (χ0v) is 23.5. The number of nitrogens with zero attached hydrogens (tertiary/aromatic N) is 4. The summed E-state index contributed by atoms with van der Waals surface area (Å²) in [5.74, 6) is 2.92. The molecule has 4 heterocycles. The van der Waals surface area contributed by atoms with E-state index in [0.717, 1.165) is 68.0 Å². The van der Waals surface area contributed by atoms with Crippen LogP contribution in [-0.4, -0.2) is 49.4 Å². The highest BCUT2D eigenvalue weighted by atomic mass is 32.1. The lowest BCUT2D eigenvalue weighted by molar-refractivity contribution is -0.126. The van der Waals surface area contributed by atoms with Crippen molar-refractivity contribution in [1.29, 1.82) is 0 Å². The Balaban J connectivity index is 1.26. The molecule has 1 saturated carbocycles. The quantitative estimate of drug-likeness (QED) is 0.365. The predicted molar refractivity (Wildman–Crippen MR) is 146 cm³/mol. The second-order valence-electron chi connectivity index (χ2n) is 11.7. The van der Waals surface area contributed by atoms with Gasteiger partial charge in [-0.1, -0.05) is 33.1 Å². The van der Waals surface area contributed by atoms with E-state index in [2.05, 4.69) is 63.4 Å². The van der Waals surface area contributed by atoms with Gasteiger partial charge in [-0.2, -0.15) is 0 Å². The molecular weight excluding hydrogens is 484 g/mol. The molecule has 2 unspecified atom stereocenters. The minimum Gasteiger partial charge on any atom is -0.348 e. The number of amides is 1. The van der Waals surface area contributed by atoms with E-state index in [1.165, 1.54) is 24.1 Å². The SMILES string of the molecule is Cc1nnc(C(C)C)n1C1CC2CCC(C1)N2CC[C@H](NC(=O)C1CCCCC1)c1ccc(CNO)s1. The Bertz CT molecular complexity index is 1030. The van der Waals surface area contributed by atoms with Crippen molar-refractivity contribution in [2.45, 2.75) is 122 Å². The van der Waals surface area contributed by atoms with E-state index >= 15 is 0 Å². The Morgan fingerprint density at radius 3 is 2.49 bits per heavy atom. The van der Waals surface area contributed by atoms with Crippen molar-refractivity contribution in [3.8, 4) is 0 Å². The summed E-state index contributed by atoms with van der Waals surface area (Å²) in [7, 11) is 0. The topological polar surface area (TPSA) is 95.3 Å². The van der Waals surface area contributed by atoms with E-state index in [4.69, 9.17) is 5.21 Å². The third-order valence-corrected chi connectivity index (χ3v) is 10.1. The second-order valence-corrected chi connectivity index (χ2v) is 12.9. The van der Waals surface area contributed by atoms with E-state index < -0.39 is 0 Å². The third-order valence-electron chi connectivity index (χ3n) is 8.88. The lowest BCUT2D eigenvalue weighted by atomic mass is 9.88. The maximum atomic E-state index is 13.2. The molecule has 0 spiro atoms. The van der Waals surface area contributed by atoms with Gasteiger partial charge in [0.1, 0.15) is 11.6 Å². The van der Waals surface area contributed by atoms with Gasteiger partial charge in [0, 0.05) is 46.3 Å². The number of hydrogen-bond acceptors (Lipinski definition) is 7. The van der Waals surface area contributed by atoms with Crippen LogP contribution in [0.2, 0.25) is 0 Å². The molecule has 2 aliphatic heterocycles. The van der Waals surface area contributed by atoms with E-state index in [0.29, 0.717) is 30.6 Å². The Hall–Kier alpha value is -1.81. The minimum absolute atomic E-state index is 0.0247. The summed E-state index contributed by atoms with van der Waals surface area (Å²) >= 11 is 1.69. The van der Waals surface area contributed by atoms with Crippen molar-refractivity contribution in [3.63, 3.8) is 0 Å². The number of nitrogens with one attached hydrogen (secondary N) is 2. The number of carbonyl (C=O) groups is 1. The van der Waals surface area contributed by atoms with Gasteiger partial charge in [0.25, 0.3) is 0 Å². The van der Waals surface area contributed by atoms with Gasteiger partial charge in [-0.05, 0) is 64.0 Å². The van der Waals surface area contributed by atoms with Gasteiger partial charge < -0.3 is 15.1 Å². The normalized spacial score (nSPS) is 25.6. The van der Waals surface area contributed by atoms with Crippen LogP contribution < -0.4 is 10.8 Å². The second kappa shape index (κ2) is 11.9. The van der Waals surface area contributed by atoms with Crippen LogP contribution in [0.25, 0.3) is 0 Å². The summed E-state index contributed by atoms with van der Waals surface area (Å²) in [5.41, 5.74) is 2.27. The standard InChI is InChI=1S/C28H44N6O2S/c1-18(2)27-32-31-19(3)34(27)23-15-21-9-10-22(16-23)33(21)14-13-25(26-12-11-24(37-26)17-29-36)30-28(35)20-7-5-4-6-8-20/h11-12,18,20-23,25,29,36H,4-10,13-17H2,1-3H3,(H,30,35)/t21?,22?,23?,25-/m0/s1. The van der Waals surface area contributed by atoms with E-state index in [1.54, 1.807) is 11.3 Å². The fourth-order valence-electron chi connectivity index (χ4n) is 7.02. The molecule has 37 heavy (non-hydrogen) atoms. The van der Waals surface area contributed by atoms with Crippen LogP contribution in [0, 0.1) is 12.8 Å². The molecule has 2 saturated heterocycles. The maximum absolute atomic E-state index is 13.2. The molecule has 3 fully saturated rings. The summed E-state index contributed by atoms with van der Waals surface area (Å²) in [4.78, 5) is 18.2. The Morgan fingerprint density at radius 2 is 1.81 bits per heavy atom. The minimum atomic E-state index is 0.0247. The molecule has 3 N–H and O–H groups in total. The molecule has 1 aliphatic carbocycles. The van der Waals surface area contributed by atoms with Crippen LogP contribution >= 0.6 is 11.3 Å². The Kier molecular flexibility index (Phi) is 8.63. The fourth-order valence-corrected chi connectivity index (χ4v) is 8.06. The average Bonchev–Trinajstić information content (AvgIpc) is 3.58. The lowest BCUT2D eigenvalue weighted by Crippen LogP contribution is -2.45. The average molecular weight is 529 g/mol. The predicted octanol–water partition coefficient (Wildman–Crippen LogP) is 5.25. The molecule has 9 heteroatoms. The molecule has 8 nitrogen and oxygen atoms in total. The number of hydrogen-bond donors (Lipinski definition) is 3. The number of aryl methyl sites for hydroxylation is 1. The number of aromatic nitrogens is 3. The first kappa shape index (κ1) is 26.8. The first-order valence-corrected chi connectivity index (χ1v) is 15.2. The van der Waals surface area contributed by atoms with E-state index in [-0.39, 0.29) is 17.9 Å². The number of carbonyl (C=O) groups excluding carboxylic acids is 1. The zero-order chi connectivity index (χ0) is 25.9. The van der Waals surface area contributed by atoms with Crippen LogP contribution in [0.15, 0.2) is 12.1 Å². The molecule has 3 atom stereocenters. The van der Waals surface area contributed by atoms with Crippen molar-refractivity contribution < 1.29 is 10.0 Å². The van der Waals surface area contributed by atoms with E-state index in [1.807, 2.05) is 0 Å². The van der Waals surface area contributed by atoms with Crippen molar-refractivity contribution in [2.75, 3.05) is 6.54 Å². The highest BCUT2D eigenvalue weighted by Gasteiger charge is 2.42. The maximum Gasteiger partial charge on any atom is 0.223 e. The molecular formula is C28H44N6O2S. The first-order valence-electron chi connectivity index (χ1n) is 14.4. The van der Waals surface area contributed by atoms with Crippen LogP contribution in [0.5, 0.6) is 0 Å². The first-order chi connectivity index (χ1) is 17.9. The fraction of sp³-hybridized carbons (Fsp3) is 0.750. The Labute approximate surface area is 225 Å². The largest absolute Gasteiger partial charge is 0.348 e. The molecule has 2 aromatic rings. The summed E-state index contributed by atoms with van der Waals surface area (Å²) in [6.07, 6.45) is 11.3. The number of hydroxylamine groups is 1. The van der Waals surface area contributed by atoms with Gasteiger partial charge in [-0.3, -0.25) is 9.69 Å². The number of piperidine rings is 1. The molecule has 5 rings (SSSR count). The molecule has 2 aromatic heterocycles. The summed E-state index contributed by atoms with van der Waals surface area (Å²) in [6, 6.07) is 5.86. The lowest BCUT2D eigenvalue weighted by Gasteiger charge is -2.40. The van der Waals surface area contributed by atoms with Gasteiger partial charge in [0.15, 0.2) is 0 Å². The molecule has 1 amide bonds. The Morgan fingerprint density at radius 1 is 1.08 bits per heavy atom. The van der Waals surface area contributed by atoms with Crippen LogP contribution in [0.3, 0.4) is 0 Å². The highest BCUT2D eigenvalue weighted by Crippen LogP contribution is 2.42. The van der Waals surface area contributed by atoms with Crippen molar-refractivity contribution in [1.82, 2.24) is 30.5 Å². The number of rotatable bonds is 10. The number of thiophene rings is 1.